The highest BCUT2D eigenvalue weighted by Crippen LogP contribution is 2.21. The first-order chi connectivity index (χ1) is 8.61. The summed E-state index contributed by atoms with van der Waals surface area (Å²) < 4.78 is 14.0. The minimum absolute atomic E-state index is 0.297. The molecule has 1 aliphatic rings. The summed E-state index contributed by atoms with van der Waals surface area (Å²) >= 11 is 0. The number of aromatic nitrogens is 2. The van der Waals surface area contributed by atoms with Crippen molar-refractivity contribution in [2.75, 3.05) is 18.9 Å². The number of piperidine rings is 1. The number of nitrogens with zero attached hydrogens (tertiary/aromatic N) is 3. The van der Waals surface area contributed by atoms with E-state index in [9.17, 15) is 4.39 Å². The van der Waals surface area contributed by atoms with E-state index in [1.165, 1.54) is 6.33 Å². The van der Waals surface area contributed by atoms with Crippen molar-refractivity contribution in [3.63, 3.8) is 0 Å². The van der Waals surface area contributed by atoms with Gasteiger partial charge in [0.25, 0.3) is 0 Å². The van der Waals surface area contributed by atoms with Crippen LogP contribution in [0.2, 0.25) is 0 Å². The number of hydrogen-bond acceptors (Lipinski definition) is 4. The maximum absolute atomic E-state index is 14.0. The Morgan fingerprint density at radius 1 is 1.50 bits per heavy atom. The second-order valence-corrected chi connectivity index (χ2v) is 5.03. The summed E-state index contributed by atoms with van der Waals surface area (Å²) in [4.78, 5) is 10.3. The molecule has 100 valence electrons. The molecular weight excluding hydrogens is 231 g/mol. The van der Waals surface area contributed by atoms with E-state index in [4.69, 9.17) is 0 Å². The lowest BCUT2D eigenvalue weighted by Gasteiger charge is -2.35. The summed E-state index contributed by atoms with van der Waals surface area (Å²) in [5.41, 5.74) is 0.480. The first-order valence-electron chi connectivity index (χ1n) is 6.58. The van der Waals surface area contributed by atoms with Crippen LogP contribution in [-0.2, 0) is 6.42 Å². The van der Waals surface area contributed by atoms with Gasteiger partial charge in [-0.15, -0.1) is 0 Å². The minimum Gasteiger partial charge on any atom is -0.365 e. The van der Waals surface area contributed by atoms with E-state index in [1.54, 1.807) is 0 Å². The van der Waals surface area contributed by atoms with Gasteiger partial charge in [0.1, 0.15) is 6.33 Å². The average molecular weight is 252 g/mol. The van der Waals surface area contributed by atoms with Crippen molar-refractivity contribution in [2.24, 2.45) is 0 Å². The molecular formula is C13H21FN4. The molecule has 2 unspecified atom stereocenters. The van der Waals surface area contributed by atoms with E-state index in [0.717, 1.165) is 19.4 Å². The number of likely N-dealkylation sites (tertiary alicyclic amines) is 1. The predicted octanol–water partition coefficient (Wildman–Crippen LogP) is 2.07. The summed E-state index contributed by atoms with van der Waals surface area (Å²) in [7, 11) is 2.13. The van der Waals surface area contributed by atoms with Crippen LogP contribution in [0, 0.1) is 5.82 Å². The van der Waals surface area contributed by atoms with Crippen LogP contribution in [0.3, 0.4) is 0 Å². The molecule has 1 fully saturated rings. The van der Waals surface area contributed by atoms with Crippen molar-refractivity contribution in [2.45, 2.75) is 45.2 Å². The van der Waals surface area contributed by atoms with Gasteiger partial charge >= 0.3 is 0 Å². The number of aryl methyl sites for hydroxylation is 1. The van der Waals surface area contributed by atoms with Gasteiger partial charge < -0.3 is 10.2 Å². The van der Waals surface area contributed by atoms with Gasteiger partial charge in [-0.05, 0) is 33.2 Å². The number of halogens is 1. The monoisotopic (exact) mass is 252 g/mol. The van der Waals surface area contributed by atoms with Gasteiger partial charge in [-0.25, -0.2) is 14.4 Å². The summed E-state index contributed by atoms with van der Waals surface area (Å²) in [6.07, 6.45) is 4.06. The first kappa shape index (κ1) is 13.2. The Balaban J connectivity index is 2.06. The van der Waals surface area contributed by atoms with Crippen LogP contribution in [0.5, 0.6) is 0 Å². The van der Waals surface area contributed by atoms with E-state index in [-0.39, 0.29) is 5.82 Å². The SMILES string of the molecule is CCc1ncnc(NC2CCN(C)C(C)C2)c1F. The Bertz CT molecular complexity index is 410. The van der Waals surface area contributed by atoms with Crippen molar-refractivity contribution in [3.8, 4) is 0 Å². The molecule has 0 saturated carbocycles. The summed E-state index contributed by atoms with van der Waals surface area (Å²) in [5, 5.41) is 3.22. The van der Waals surface area contributed by atoms with Gasteiger partial charge in [0.2, 0.25) is 0 Å². The molecule has 1 saturated heterocycles. The zero-order valence-electron chi connectivity index (χ0n) is 11.3. The summed E-state index contributed by atoms with van der Waals surface area (Å²) in [5.74, 6) is 0.0511. The largest absolute Gasteiger partial charge is 0.365 e. The van der Waals surface area contributed by atoms with Crippen molar-refractivity contribution >= 4 is 5.82 Å². The lowest BCUT2D eigenvalue weighted by Crippen LogP contribution is -2.42. The topological polar surface area (TPSA) is 41.1 Å². The maximum Gasteiger partial charge on any atom is 0.186 e. The maximum atomic E-state index is 14.0. The van der Waals surface area contributed by atoms with E-state index in [2.05, 4.69) is 34.2 Å². The van der Waals surface area contributed by atoms with Crippen LogP contribution in [0.4, 0.5) is 10.2 Å². The molecule has 18 heavy (non-hydrogen) atoms. The van der Waals surface area contributed by atoms with Gasteiger partial charge in [0, 0.05) is 18.6 Å². The van der Waals surface area contributed by atoms with Crippen LogP contribution in [-0.4, -0.2) is 40.5 Å². The third-order valence-electron chi connectivity index (χ3n) is 3.75. The predicted molar refractivity (Wildman–Crippen MR) is 70.1 cm³/mol. The van der Waals surface area contributed by atoms with E-state index in [0.29, 0.717) is 30.0 Å². The molecule has 0 radical (unpaired) electrons. The molecule has 0 amide bonds. The second-order valence-electron chi connectivity index (χ2n) is 5.03. The van der Waals surface area contributed by atoms with Crippen LogP contribution < -0.4 is 5.32 Å². The third-order valence-corrected chi connectivity index (χ3v) is 3.75. The molecule has 1 aromatic heterocycles. The Kier molecular flexibility index (Phi) is 4.11. The van der Waals surface area contributed by atoms with Gasteiger partial charge in [0.15, 0.2) is 11.6 Å². The van der Waals surface area contributed by atoms with Gasteiger partial charge in [-0.3, -0.25) is 0 Å². The van der Waals surface area contributed by atoms with Crippen molar-refractivity contribution in [1.29, 1.82) is 0 Å². The number of anilines is 1. The molecule has 0 bridgehead atoms. The molecule has 1 N–H and O–H groups in total. The summed E-state index contributed by atoms with van der Waals surface area (Å²) in [6.45, 7) is 5.13. The molecule has 2 rings (SSSR count). The molecule has 1 aromatic rings. The van der Waals surface area contributed by atoms with E-state index in [1.807, 2.05) is 6.92 Å². The van der Waals surface area contributed by atoms with Gasteiger partial charge in [-0.1, -0.05) is 6.92 Å². The molecule has 0 aliphatic carbocycles. The first-order valence-corrected chi connectivity index (χ1v) is 6.58. The Labute approximate surface area is 108 Å². The second kappa shape index (κ2) is 5.61. The smallest absolute Gasteiger partial charge is 0.186 e. The lowest BCUT2D eigenvalue weighted by atomic mass is 9.99. The third kappa shape index (κ3) is 2.77. The van der Waals surface area contributed by atoms with Gasteiger partial charge in [0.05, 0.1) is 5.69 Å². The zero-order valence-corrected chi connectivity index (χ0v) is 11.3. The number of nitrogens with one attached hydrogen (secondary N) is 1. The standard InChI is InChI=1S/C13H21FN4/c1-4-11-12(14)13(16-8-15-11)17-10-5-6-18(3)9(2)7-10/h8-10H,4-7H2,1-3H3,(H,15,16,17). The number of rotatable bonds is 3. The highest BCUT2D eigenvalue weighted by molar-refractivity contribution is 5.38. The zero-order chi connectivity index (χ0) is 13.1. The normalized spacial score (nSPS) is 25.1. The molecule has 2 heterocycles. The van der Waals surface area contributed by atoms with Crippen molar-refractivity contribution in [3.05, 3.63) is 17.8 Å². The number of hydrogen-bond donors (Lipinski definition) is 1. The highest BCUT2D eigenvalue weighted by atomic mass is 19.1. The molecule has 0 spiro atoms. The Morgan fingerprint density at radius 3 is 2.94 bits per heavy atom. The quantitative estimate of drug-likeness (QED) is 0.894. The fourth-order valence-corrected chi connectivity index (χ4v) is 2.37. The van der Waals surface area contributed by atoms with Crippen molar-refractivity contribution in [1.82, 2.24) is 14.9 Å². The minimum atomic E-state index is -0.299. The fourth-order valence-electron chi connectivity index (χ4n) is 2.37. The van der Waals surface area contributed by atoms with E-state index >= 15 is 0 Å². The molecule has 0 aromatic carbocycles. The summed E-state index contributed by atoms with van der Waals surface area (Å²) in [6, 6.07) is 0.817. The van der Waals surface area contributed by atoms with Crippen LogP contribution in [0.25, 0.3) is 0 Å². The van der Waals surface area contributed by atoms with Crippen molar-refractivity contribution < 1.29 is 4.39 Å². The lowest BCUT2D eigenvalue weighted by molar-refractivity contribution is 0.189. The molecule has 5 heteroatoms. The molecule has 4 nitrogen and oxygen atoms in total. The average Bonchev–Trinajstić information content (AvgIpc) is 2.36. The van der Waals surface area contributed by atoms with Crippen LogP contribution >= 0.6 is 0 Å². The molecule has 2 atom stereocenters. The highest BCUT2D eigenvalue weighted by Gasteiger charge is 2.24. The van der Waals surface area contributed by atoms with Crippen LogP contribution in [0.15, 0.2) is 6.33 Å². The fraction of sp³-hybridized carbons (Fsp3) is 0.692. The Hall–Kier alpha value is -1.23. The Morgan fingerprint density at radius 2 is 2.28 bits per heavy atom. The molecule has 1 aliphatic heterocycles. The van der Waals surface area contributed by atoms with Gasteiger partial charge in [-0.2, -0.15) is 0 Å². The van der Waals surface area contributed by atoms with Crippen LogP contribution in [0.1, 0.15) is 32.4 Å². The van der Waals surface area contributed by atoms with E-state index < -0.39 is 0 Å².